The summed E-state index contributed by atoms with van der Waals surface area (Å²) in [6.45, 7) is 3.71. The standard InChI is InChI=1S/C8H18BNO2S/c1-7(2)10-13(11,12)8(9)5-3-4-6-8/h7,10H,3-6,9H2,1-2H3. The van der Waals surface area contributed by atoms with E-state index in [-0.39, 0.29) is 6.04 Å². The average molecular weight is 203 g/mol. The third-order valence-corrected chi connectivity index (χ3v) is 5.19. The summed E-state index contributed by atoms with van der Waals surface area (Å²) in [6.07, 6.45) is 3.68. The van der Waals surface area contributed by atoms with E-state index in [9.17, 15) is 8.42 Å². The van der Waals surface area contributed by atoms with Gasteiger partial charge in [-0.25, -0.2) is 13.1 Å². The molecule has 3 nitrogen and oxygen atoms in total. The first-order valence-electron chi connectivity index (χ1n) is 4.89. The van der Waals surface area contributed by atoms with Crippen molar-refractivity contribution in [3.8, 4) is 0 Å². The molecule has 0 saturated heterocycles. The van der Waals surface area contributed by atoms with Gasteiger partial charge in [-0.2, -0.15) is 0 Å². The van der Waals surface area contributed by atoms with Crippen LogP contribution in [0.5, 0.6) is 0 Å². The number of rotatable bonds is 3. The lowest BCUT2D eigenvalue weighted by atomic mass is 9.85. The van der Waals surface area contributed by atoms with Crippen LogP contribution < -0.4 is 4.72 Å². The Kier molecular flexibility index (Phi) is 3.07. The van der Waals surface area contributed by atoms with Gasteiger partial charge in [0, 0.05) is 6.04 Å². The van der Waals surface area contributed by atoms with Gasteiger partial charge in [0.2, 0.25) is 10.0 Å². The largest absolute Gasteiger partial charge is 0.213 e. The molecule has 0 atom stereocenters. The molecule has 0 aliphatic heterocycles. The van der Waals surface area contributed by atoms with Crippen LogP contribution in [-0.2, 0) is 10.0 Å². The van der Waals surface area contributed by atoms with Crippen molar-refractivity contribution in [2.75, 3.05) is 0 Å². The van der Waals surface area contributed by atoms with Crippen molar-refractivity contribution in [1.82, 2.24) is 4.72 Å². The van der Waals surface area contributed by atoms with Crippen molar-refractivity contribution in [2.24, 2.45) is 0 Å². The van der Waals surface area contributed by atoms with Gasteiger partial charge in [0.05, 0.1) is 4.65 Å². The van der Waals surface area contributed by atoms with Crippen LogP contribution in [0.2, 0.25) is 0 Å². The Labute approximate surface area is 81.8 Å². The highest BCUT2D eigenvalue weighted by Gasteiger charge is 2.41. The molecule has 5 heteroatoms. The van der Waals surface area contributed by atoms with Crippen molar-refractivity contribution < 1.29 is 8.42 Å². The summed E-state index contributed by atoms with van der Waals surface area (Å²) in [5.74, 6) is 0. The highest BCUT2D eigenvalue weighted by Crippen LogP contribution is 2.33. The van der Waals surface area contributed by atoms with Gasteiger partial charge in [-0.05, 0) is 26.7 Å². The monoisotopic (exact) mass is 203 g/mol. The molecule has 0 bridgehead atoms. The summed E-state index contributed by atoms with van der Waals surface area (Å²) < 4.78 is 25.9. The highest BCUT2D eigenvalue weighted by atomic mass is 32.2. The molecule has 76 valence electrons. The summed E-state index contributed by atoms with van der Waals surface area (Å²) in [6, 6.07) is 0.00225. The van der Waals surface area contributed by atoms with E-state index in [0.29, 0.717) is 0 Å². The van der Waals surface area contributed by atoms with Crippen molar-refractivity contribution in [2.45, 2.75) is 50.2 Å². The Balaban J connectivity index is 2.79. The first-order chi connectivity index (χ1) is 5.87. The number of hydrogen-bond acceptors (Lipinski definition) is 2. The SMILES string of the molecule is BC1(S(=O)(=O)NC(C)C)CCCC1. The van der Waals surface area contributed by atoms with Crippen LogP contribution in [0, 0.1) is 0 Å². The van der Waals surface area contributed by atoms with E-state index in [1.807, 2.05) is 21.7 Å². The average Bonchev–Trinajstić information content (AvgIpc) is 2.34. The van der Waals surface area contributed by atoms with Gasteiger partial charge in [-0.15, -0.1) is 0 Å². The Morgan fingerprint density at radius 3 is 2.15 bits per heavy atom. The minimum atomic E-state index is -3.11. The third kappa shape index (κ3) is 2.26. The van der Waals surface area contributed by atoms with Crippen molar-refractivity contribution in [1.29, 1.82) is 0 Å². The molecule has 13 heavy (non-hydrogen) atoms. The fourth-order valence-electron chi connectivity index (χ4n) is 1.84. The van der Waals surface area contributed by atoms with Gasteiger partial charge >= 0.3 is 0 Å². The maximum atomic E-state index is 11.9. The zero-order valence-corrected chi connectivity index (χ0v) is 9.45. The molecule has 1 N–H and O–H groups in total. The van der Waals surface area contributed by atoms with E-state index in [4.69, 9.17) is 0 Å². The smallest absolute Gasteiger partial charge is 0.209 e. The van der Waals surface area contributed by atoms with Crippen LogP contribution >= 0.6 is 0 Å². The maximum absolute atomic E-state index is 11.9. The number of nitrogens with one attached hydrogen (secondary N) is 1. The van der Waals surface area contributed by atoms with Crippen LogP contribution in [0.25, 0.3) is 0 Å². The lowest BCUT2D eigenvalue weighted by Gasteiger charge is -2.25. The van der Waals surface area contributed by atoms with Crippen molar-refractivity contribution in [3.05, 3.63) is 0 Å². The van der Waals surface area contributed by atoms with E-state index in [2.05, 4.69) is 4.72 Å². The molecule has 0 radical (unpaired) electrons. The Morgan fingerprint density at radius 2 is 1.77 bits per heavy atom. The molecule has 0 spiro atoms. The topological polar surface area (TPSA) is 46.2 Å². The molecule has 0 heterocycles. The third-order valence-electron chi connectivity index (χ3n) is 2.70. The highest BCUT2D eigenvalue weighted by molar-refractivity contribution is 7.92. The van der Waals surface area contributed by atoms with Gasteiger partial charge in [0.25, 0.3) is 0 Å². The molecule has 1 aliphatic carbocycles. The first-order valence-corrected chi connectivity index (χ1v) is 6.38. The summed E-state index contributed by atoms with van der Waals surface area (Å²) in [4.78, 5) is 0. The molecule has 1 rings (SSSR count). The molecule has 1 aliphatic rings. The summed E-state index contributed by atoms with van der Waals surface area (Å²) in [7, 11) is -1.26. The van der Waals surface area contributed by atoms with Gasteiger partial charge in [0.1, 0.15) is 7.85 Å². The van der Waals surface area contributed by atoms with Crippen LogP contribution in [0.15, 0.2) is 0 Å². The molecule has 0 aromatic carbocycles. The quantitative estimate of drug-likeness (QED) is 0.667. The summed E-state index contributed by atoms with van der Waals surface area (Å²) in [5.41, 5.74) is 0. The van der Waals surface area contributed by atoms with Gasteiger partial charge < -0.3 is 0 Å². The second-order valence-corrected chi connectivity index (χ2v) is 6.66. The van der Waals surface area contributed by atoms with Crippen LogP contribution in [0.3, 0.4) is 0 Å². The fraction of sp³-hybridized carbons (Fsp3) is 1.00. The normalized spacial score (nSPS) is 22.4. The second kappa shape index (κ2) is 3.61. The van der Waals surface area contributed by atoms with Crippen molar-refractivity contribution >= 4 is 17.9 Å². The molecular formula is C8H18BNO2S. The Hall–Kier alpha value is -0.0251. The number of sulfonamides is 1. The summed E-state index contributed by atoms with van der Waals surface area (Å²) >= 11 is 0. The minimum absolute atomic E-state index is 0.00225. The van der Waals surface area contributed by atoms with Gasteiger partial charge in [-0.3, -0.25) is 0 Å². The minimum Gasteiger partial charge on any atom is -0.213 e. The fourth-order valence-corrected chi connectivity index (χ4v) is 3.58. The zero-order chi connectivity index (χ0) is 10.1. The predicted octanol–water partition coefficient (Wildman–Crippen LogP) is 0.218. The molecule has 1 fully saturated rings. The first kappa shape index (κ1) is 11.1. The lowest BCUT2D eigenvalue weighted by Crippen LogP contribution is -2.47. The van der Waals surface area contributed by atoms with E-state index < -0.39 is 14.7 Å². The zero-order valence-electron chi connectivity index (χ0n) is 8.63. The molecule has 0 aromatic rings. The van der Waals surface area contributed by atoms with Crippen molar-refractivity contribution in [3.63, 3.8) is 0 Å². The van der Waals surface area contributed by atoms with E-state index >= 15 is 0 Å². The second-order valence-electron chi connectivity index (χ2n) is 4.43. The van der Waals surface area contributed by atoms with Gasteiger partial charge in [0.15, 0.2) is 0 Å². The Bertz CT molecular complexity index is 268. The van der Waals surface area contributed by atoms with E-state index in [0.717, 1.165) is 25.7 Å². The van der Waals surface area contributed by atoms with E-state index in [1.165, 1.54) is 0 Å². The lowest BCUT2D eigenvalue weighted by molar-refractivity contribution is 0.543. The van der Waals surface area contributed by atoms with Crippen LogP contribution in [-0.4, -0.2) is 27.0 Å². The molecule has 0 amide bonds. The molecular weight excluding hydrogens is 185 g/mol. The maximum Gasteiger partial charge on any atom is 0.209 e. The van der Waals surface area contributed by atoms with Crippen LogP contribution in [0.1, 0.15) is 39.5 Å². The Morgan fingerprint density at radius 1 is 1.31 bits per heavy atom. The molecule has 1 saturated carbocycles. The predicted molar refractivity (Wildman–Crippen MR) is 56.9 cm³/mol. The van der Waals surface area contributed by atoms with E-state index in [1.54, 1.807) is 0 Å². The summed E-state index contributed by atoms with van der Waals surface area (Å²) in [5, 5.41) is 0. The molecule has 0 unspecified atom stereocenters. The van der Waals surface area contributed by atoms with Gasteiger partial charge in [-0.1, -0.05) is 12.8 Å². The molecule has 0 aromatic heterocycles. The van der Waals surface area contributed by atoms with Crippen LogP contribution in [0.4, 0.5) is 0 Å². The number of hydrogen-bond donors (Lipinski definition) is 1.